The summed E-state index contributed by atoms with van der Waals surface area (Å²) in [4.78, 5) is 8.35. The average molecular weight is 122 g/mol. The van der Waals surface area contributed by atoms with Crippen LogP contribution < -0.4 is 5.40 Å². The van der Waals surface area contributed by atoms with Crippen molar-refractivity contribution in [2.24, 2.45) is 5.40 Å². The number of rotatable bonds is 0. The second kappa shape index (κ2) is 114. The molecule has 0 aromatic carbocycles. The summed E-state index contributed by atoms with van der Waals surface area (Å²) in [7, 11) is 0.806. The third kappa shape index (κ3) is 567. The average Bonchev–Trinajstić information content (AvgIpc) is 1.46. The van der Waals surface area contributed by atoms with Crippen LogP contribution in [0.5, 0.6) is 0 Å². The molecule has 0 rings (SSSR count). The van der Waals surface area contributed by atoms with E-state index in [2.05, 4.69) is 5.40 Å². The van der Waals surface area contributed by atoms with Crippen molar-refractivity contribution in [3.63, 3.8) is 0 Å². The monoisotopic (exact) mass is 122 g/mol. The van der Waals surface area contributed by atoms with Gasteiger partial charge in [0.2, 0.25) is 6.08 Å². The summed E-state index contributed by atoms with van der Waals surface area (Å²) < 4.78 is 0. The van der Waals surface area contributed by atoms with Crippen LogP contribution in [-0.4, -0.2) is 27.4 Å². The van der Waals surface area contributed by atoms with Gasteiger partial charge in [-0.2, -0.15) is 0 Å². The summed E-state index contributed by atoms with van der Waals surface area (Å²) in [5.41, 5.74) is 0. The molecule has 3 N–H and O–H groups in total. The van der Waals surface area contributed by atoms with Gasteiger partial charge >= 0.3 is 0 Å². The smallest absolute Gasteiger partial charge is 0.231 e. The molecule has 0 amide bonds. The van der Waals surface area contributed by atoms with Crippen LogP contribution in [0, 0.1) is 5.41 Å². The highest BCUT2D eigenvalue weighted by molar-refractivity contribution is 6.02. The number of isocyanates is 1. The van der Waals surface area contributed by atoms with Crippen LogP contribution in [0.3, 0.4) is 0 Å². The summed E-state index contributed by atoms with van der Waals surface area (Å²) in [6, 6.07) is 0. The van der Waals surface area contributed by atoms with Crippen LogP contribution in [0.2, 0.25) is 0 Å². The van der Waals surface area contributed by atoms with E-state index in [0.717, 1.165) is 16.5 Å². The van der Waals surface area contributed by atoms with Crippen molar-refractivity contribution < 1.29 is 4.79 Å². The normalized spacial score (nSPS) is 2.83. The molecule has 0 aromatic rings. The molecule has 0 aliphatic heterocycles. The SMILES string of the molecule is N=C=O.N[SiH3].[SiH4]. The van der Waals surface area contributed by atoms with Gasteiger partial charge in [-0.05, 0) is 11.0 Å². The van der Waals surface area contributed by atoms with Crippen molar-refractivity contribution in [2.45, 2.75) is 0 Å². The number of hydrogen-bond acceptors (Lipinski definition) is 3. The van der Waals surface area contributed by atoms with Gasteiger partial charge in [-0.1, -0.05) is 0 Å². The Hall–Kier alpha value is -0.226. The molecule has 0 radical (unpaired) electrons. The first-order valence-electron chi connectivity index (χ1n) is 1.03. The highest BCUT2D eigenvalue weighted by Crippen LogP contribution is 0.868. The van der Waals surface area contributed by atoms with E-state index in [4.69, 9.17) is 10.2 Å². The van der Waals surface area contributed by atoms with Gasteiger partial charge < -0.3 is 5.40 Å². The number of nitrogens with two attached hydrogens (primary N) is 1. The summed E-state index contributed by atoms with van der Waals surface area (Å²) in [5, 5.41) is 10.0. The maximum absolute atomic E-state index is 8.35. The molecule has 0 aliphatic carbocycles. The fourth-order valence-electron chi connectivity index (χ4n) is 0. The quantitative estimate of drug-likeness (QED) is 0.200. The van der Waals surface area contributed by atoms with E-state index >= 15 is 0 Å². The van der Waals surface area contributed by atoms with Crippen LogP contribution in [0.1, 0.15) is 0 Å². The van der Waals surface area contributed by atoms with Gasteiger partial charge in [0, 0.05) is 0 Å². The van der Waals surface area contributed by atoms with Crippen molar-refractivity contribution in [3.05, 3.63) is 0 Å². The predicted molar refractivity (Wildman–Crippen MR) is 33.9 cm³/mol. The largest absolute Gasteiger partial charge is 0.358 e. The lowest BCUT2D eigenvalue weighted by molar-refractivity contribution is 0.563. The maximum Gasteiger partial charge on any atom is 0.231 e. The van der Waals surface area contributed by atoms with Crippen LogP contribution in [0.25, 0.3) is 0 Å². The molecule has 0 saturated heterocycles. The van der Waals surface area contributed by atoms with Crippen molar-refractivity contribution in [2.75, 3.05) is 0 Å². The lowest BCUT2D eigenvalue weighted by Gasteiger charge is -1.17. The first-order valence-corrected chi connectivity index (χ1v) is 2.19. The van der Waals surface area contributed by atoms with Gasteiger partial charge in [0.1, 0.15) is 0 Å². The molecule has 5 heteroatoms. The maximum atomic E-state index is 8.35. The Labute approximate surface area is 44.0 Å². The van der Waals surface area contributed by atoms with Gasteiger partial charge in [-0.15, -0.1) is 0 Å². The van der Waals surface area contributed by atoms with E-state index in [9.17, 15) is 0 Å². The highest BCUT2D eigenvalue weighted by Gasteiger charge is 1.03. The van der Waals surface area contributed by atoms with Crippen LogP contribution in [0.15, 0.2) is 0 Å². The molecule has 0 bridgehead atoms. The third-order valence-electron chi connectivity index (χ3n) is 0. The molecule has 6 heavy (non-hydrogen) atoms. The first-order chi connectivity index (χ1) is 2.41. The van der Waals surface area contributed by atoms with Crippen LogP contribution in [-0.2, 0) is 4.79 Å². The molecule has 3 nitrogen and oxygen atoms in total. The lowest BCUT2D eigenvalue weighted by atomic mass is 11.7. The Kier molecular flexibility index (Phi) is 324. The van der Waals surface area contributed by atoms with Gasteiger partial charge in [-0.3, -0.25) is 0 Å². The standard InChI is InChI=1S/CHNO.H5NSi.H4Si/c2-1-3;1-2;/h2H;1H2,2H3;1H4. The fraction of sp³-hybridized carbons (Fsp3) is 0. The molecule has 0 aromatic heterocycles. The zero-order valence-corrected chi connectivity index (χ0v) is 4.99. The Bertz CT molecular complexity index is 32.5. The molecular formula is CH10N2OSi2. The van der Waals surface area contributed by atoms with Crippen molar-refractivity contribution in [3.8, 4) is 0 Å². The molecule has 0 atom stereocenters. The zero-order chi connectivity index (χ0) is 4.71. The molecular weight excluding hydrogens is 112 g/mol. The Morgan fingerprint density at radius 1 is 1.67 bits per heavy atom. The summed E-state index contributed by atoms with van der Waals surface area (Å²) in [5.74, 6) is 0. The number of hydrogen-bond donors (Lipinski definition) is 2. The Balaban J connectivity index is -0.0000000275. The molecule has 0 saturated carbocycles. The molecule has 0 fully saturated rings. The lowest BCUT2D eigenvalue weighted by Crippen LogP contribution is -1.75. The van der Waals surface area contributed by atoms with E-state index in [-0.39, 0.29) is 11.0 Å². The number of nitrogens with one attached hydrogen (secondary N) is 1. The molecule has 0 unspecified atom stereocenters. The summed E-state index contributed by atoms with van der Waals surface area (Å²) in [6.07, 6.45) is 0.750. The van der Waals surface area contributed by atoms with E-state index in [1.807, 2.05) is 0 Å². The highest BCUT2D eigenvalue weighted by atomic mass is 28.2. The van der Waals surface area contributed by atoms with E-state index < -0.39 is 0 Å². The minimum Gasteiger partial charge on any atom is -0.358 e. The van der Waals surface area contributed by atoms with E-state index in [0.29, 0.717) is 0 Å². The van der Waals surface area contributed by atoms with Crippen LogP contribution in [0.4, 0.5) is 0 Å². The van der Waals surface area contributed by atoms with Gasteiger partial charge in [0.05, 0.1) is 10.4 Å². The molecule has 38 valence electrons. The predicted octanol–water partition coefficient (Wildman–Crippen LogP) is -3.33. The van der Waals surface area contributed by atoms with E-state index in [1.165, 1.54) is 0 Å². The van der Waals surface area contributed by atoms with Gasteiger partial charge in [0.15, 0.2) is 0 Å². The van der Waals surface area contributed by atoms with Crippen molar-refractivity contribution >= 4 is 27.4 Å². The second-order valence-corrected chi connectivity index (χ2v) is 0.102. The van der Waals surface area contributed by atoms with Crippen LogP contribution >= 0.6 is 0 Å². The Morgan fingerprint density at radius 2 is 1.67 bits per heavy atom. The molecule has 0 spiro atoms. The minimum absolute atomic E-state index is 0. The Morgan fingerprint density at radius 3 is 1.67 bits per heavy atom. The van der Waals surface area contributed by atoms with Crippen molar-refractivity contribution in [1.82, 2.24) is 0 Å². The summed E-state index contributed by atoms with van der Waals surface area (Å²) >= 11 is 0. The van der Waals surface area contributed by atoms with Gasteiger partial charge in [-0.25, -0.2) is 10.2 Å². The summed E-state index contributed by atoms with van der Waals surface area (Å²) in [6.45, 7) is 0. The first kappa shape index (κ1) is 17.1. The topological polar surface area (TPSA) is 66.9 Å². The minimum atomic E-state index is 0. The van der Waals surface area contributed by atoms with Crippen molar-refractivity contribution in [1.29, 1.82) is 5.41 Å². The number of carbonyl (C=O) groups excluding carboxylic acids is 1. The zero-order valence-electron chi connectivity index (χ0n) is 2.99. The second-order valence-electron chi connectivity index (χ2n) is 0.102. The fourth-order valence-corrected chi connectivity index (χ4v) is 0. The van der Waals surface area contributed by atoms with Gasteiger partial charge in [0.25, 0.3) is 0 Å². The van der Waals surface area contributed by atoms with E-state index in [1.54, 1.807) is 0 Å². The molecule has 0 heterocycles. The molecule has 0 aliphatic rings. The third-order valence-corrected chi connectivity index (χ3v) is 0.